The maximum absolute atomic E-state index is 4.99. The van der Waals surface area contributed by atoms with Gasteiger partial charge in [0, 0.05) is 5.92 Å². The molecule has 0 aliphatic carbocycles. The highest BCUT2D eigenvalue weighted by atomic mass is 16.6. The molecule has 1 heteroatoms. The molecule has 0 N–H and O–H groups in total. The largest absolute Gasteiger partial charge is 0.373 e. The molecule has 0 aromatic carbocycles. The van der Waals surface area contributed by atoms with Crippen LogP contribution in [-0.4, -0.2) is 12.7 Å². The second-order valence-electron chi connectivity index (χ2n) is 1.97. The molecule has 0 bridgehead atoms. The van der Waals surface area contributed by atoms with Crippen molar-refractivity contribution >= 4 is 0 Å². The number of hydrogen-bond acceptors (Lipinski definition) is 1. The number of hydrogen-bond donors (Lipinski definition) is 0. The fourth-order valence-electron chi connectivity index (χ4n) is 0.511. The van der Waals surface area contributed by atoms with Crippen molar-refractivity contribution in [2.45, 2.75) is 13.0 Å². The van der Waals surface area contributed by atoms with Crippen molar-refractivity contribution < 1.29 is 4.74 Å². The molecule has 7 heavy (non-hydrogen) atoms. The molecule has 0 aromatic rings. The lowest BCUT2D eigenvalue weighted by Crippen LogP contribution is -1.96. The summed E-state index contributed by atoms with van der Waals surface area (Å²) in [5.74, 6) is 0.556. The molecule has 0 spiro atoms. The predicted molar refractivity (Wildman–Crippen MR) is 29.1 cm³/mol. The van der Waals surface area contributed by atoms with Gasteiger partial charge in [-0.3, -0.25) is 0 Å². The average Bonchev–Trinajstić information content (AvgIpc) is 2.44. The Labute approximate surface area is 44.0 Å². The monoisotopic (exact) mass is 98.1 g/mol. The van der Waals surface area contributed by atoms with Crippen LogP contribution in [0, 0.1) is 5.92 Å². The van der Waals surface area contributed by atoms with E-state index in [1.807, 2.05) is 6.08 Å². The Morgan fingerprint density at radius 2 is 2.57 bits per heavy atom. The lowest BCUT2D eigenvalue weighted by Gasteiger charge is -1.94. The van der Waals surface area contributed by atoms with E-state index in [-0.39, 0.29) is 0 Å². The third-order valence-electron chi connectivity index (χ3n) is 1.32. The van der Waals surface area contributed by atoms with Gasteiger partial charge in [-0.05, 0) is 0 Å². The lowest BCUT2D eigenvalue weighted by molar-refractivity contribution is 0.371. The summed E-state index contributed by atoms with van der Waals surface area (Å²) in [5, 5.41) is 0. The molecule has 1 fully saturated rings. The summed E-state index contributed by atoms with van der Waals surface area (Å²) in [6, 6.07) is 0. The zero-order chi connectivity index (χ0) is 5.28. The first kappa shape index (κ1) is 4.85. The second-order valence-corrected chi connectivity index (χ2v) is 1.97. The molecular weight excluding hydrogens is 88.1 g/mol. The molecule has 0 amide bonds. The van der Waals surface area contributed by atoms with Crippen LogP contribution in [0.25, 0.3) is 0 Å². The maximum Gasteiger partial charge on any atom is 0.0869 e. The minimum atomic E-state index is 0.498. The summed E-state index contributed by atoms with van der Waals surface area (Å²) in [7, 11) is 0. The van der Waals surface area contributed by atoms with Gasteiger partial charge in [0.25, 0.3) is 0 Å². The van der Waals surface area contributed by atoms with Gasteiger partial charge in [0.05, 0.1) is 12.7 Å². The Morgan fingerprint density at radius 1 is 2.00 bits per heavy atom. The van der Waals surface area contributed by atoms with Crippen molar-refractivity contribution in [3.05, 3.63) is 12.7 Å². The van der Waals surface area contributed by atoms with Crippen molar-refractivity contribution in [3.63, 3.8) is 0 Å². The smallest absolute Gasteiger partial charge is 0.0869 e. The molecular formula is C6H10O. The normalized spacial score (nSPS) is 31.9. The van der Waals surface area contributed by atoms with Crippen molar-refractivity contribution in [1.82, 2.24) is 0 Å². The van der Waals surface area contributed by atoms with Crippen LogP contribution in [0.1, 0.15) is 6.92 Å². The first-order chi connectivity index (χ1) is 3.34. The van der Waals surface area contributed by atoms with E-state index in [1.54, 1.807) is 0 Å². The summed E-state index contributed by atoms with van der Waals surface area (Å²) in [6.07, 6.45) is 2.43. The standard InChI is InChI=1S/C6H10O/c1-3-5(2)6-4-7-6/h3,5-6H,1,4H2,2H3/t5-,6-/m0/s1. The van der Waals surface area contributed by atoms with E-state index >= 15 is 0 Å². The van der Waals surface area contributed by atoms with Gasteiger partial charge in [-0.1, -0.05) is 13.0 Å². The SMILES string of the molecule is C=C[C@H](C)[C@@H]1CO1. The van der Waals surface area contributed by atoms with Gasteiger partial charge in [-0.25, -0.2) is 0 Å². The third-order valence-corrected chi connectivity index (χ3v) is 1.32. The average molecular weight is 98.1 g/mol. The Kier molecular flexibility index (Phi) is 1.15. The van der Waals surface area contributed by atoms with Gasteiger partial charge in [-0.2, -0.15) is 0 Å². The van der Waals surface area contributed by atoms with Crippen LogP contribution in [0.3, 0.4) is 0 Å². The van der Waals surface area contributed by atoms with E-state index in [1.165, 1.54) is 0 Å². The number of rotatable bonds is 2. The summed E-state index contributed by atoms with van der Waals surface area (Å²) >= 11 is 0. The van der Waals surface area contributed by atoms with Crippen molar-refractivity contribution in [2.24, 2.45) is 5.92 Å². The van der Waals surface area contributed by atoms with E-state index in [2.05, 4.69) is 13.5 Å². The highest BCUT2D eigenvalue weighted by molar-refractivity contribution is 4.87. The van der Waals surface area contributed by atoms with Gasteiger partial charge < -0.3 is 4.74 Å². The van der Waals surface area contributed by atoms with Gasteiger partial charge in [0.15, 0.2) is 0 Å². The number of ether oxygens (including phenoxy) is 1. The van der Waals surface area contributed by atoms with Crippen LogP contribution >= 0.6 is 0 Å². The van der Waals surface area contributed by atoms with E-state index < -0.39 is 0 Å². The summed E-state index contributed by atoms with van der Waals surface area (Å²) in [6.45, 7) is 6.70. The second kappa shape index (κ2) is 1.66. The van der Waals surface area contributed by atoms with Crippen LogP contribution in [0.4, 0.5) is 0 Å². The van der Waals surface area contributed by atoms with Crippen LogP contribution in [0.15, 0.2) is 12.7 Å². The molecule has 0 unspecified atom stereocenters. The molecule has 1 heterocycles. The molecule has 2 atom stereocenters. The Hall–Kier alpha value is -0.300. The first-order valence-corrected chi connectivity index (χ1v) is 2.58. The Morgan fingerprint density at radius 3 is 2.71 bits per heavy atom. The molecule has 0 radical (unpaired) electrons. The van der Waals surface area contributed by atoms with Crippen LogP contribution < -0.4 is 0 Å². The molecule has 1 saturated heterocycles. The summed E-state index contributed by atoms with van der Waals surface area (Å²) in [5.41, 5.74) is 0. The fraction of sp³-hybridized carbons (Fsp3) is 0.667. The molecule has 1 rings (SSSR count). The first-order valence-electron chi connectivity index (χ1n) is 2.58. The number of epoxide rings is 1. The molecule has 0 saturated carbocycles. The molecule has 40 valence electrons. The van der Waals surface area contributed by atoms with Gasteiger partial charge >= 0.3 is 0 Å². The summed E-state index contributed by atoms with van der Waals surface area (Å²) in [4.78, 5) is 0. The van der Waals surface area contributed by atoms with Crippen molar-refractivity contribution in [2.75, 3.05) is 6.61 Å². The minimum absolute atomic E-state index is 0.498. The Balaban J connectivity index is 2.22. The maximum atomic E-state index is 4.99. The van der Waals surface area contributed by atoms with Gasteiger partial charge in [-0.15, -0.1) is 6.58 Å². The highest BCUT2D eigenvalue weighted by Crippen LogP contribution is 2.19. The highest BCUT2D eigenvalue weighted by Gasteiger charge is 2.26. The third kappa shape index (κ3) is 1.03. The van der Waals surface area contributed by atoms with Gasteiger partial charge in [0.1, 0.15) is 0 Å². The van der Waals surface area contributed by atoms with Crippen molar-refractivity contribution in [1.29, 1.82) is 0 Å². The van der Waals surface area contributed by atoms with Crippen LogP contribution in [0.5, 0.6) is 0 Å². The molecule has 1 aliphatic rings. The topological polar surface area (TPSA) is 12.5 Å². The zero-order valence-electron chi connectivity index (χ0n) is 4.55. The predicted octanol–water partition coefficient (Wildman–Crippen LogP) is 1.21. The van der Waals surface area contributed by atoms with Crippen molar-refractivity contribution in [3.8, 4) is 0 Å². The van der Waals surface area contributed by atoms with E-state index in [0.717, 1.165) is 6.61 Å². The summed E-state index contributed by atoms with van der Waals surface area (Å²) < 4.78 is 4.99. The van der Waals surface area contributed by atoms with Gasteiger partial charge in [0.2, 0.25) is 0 Å². The minimum Gasteiger partial charge on any atom is -0.373 e. The molecule has 1 nitrogen and oxygen atoms in total. The lowest BCUT2D eigenvalue weighted by atomic mass is 10.1. The Bertz CT molecular complexity index is 74.2. The molecule has 1 aliphatic heterocycles. The fourth-order valence-corrected chi connectivity index (χ4v) is 0.511. The quantitative estimate of drug-likeness (QED) is 0.373. The molecule has 0 aromatic heterocycles. The van der Waals surface area contributed by atoms with E-state index in [4.69, 9.17) is 4.74 Å². The van der Waals surface area contributed by atoms with Crippen LogP contribution in [0.2, 0.25) is 0 Å². The van der Waals surface area contributed by atoms with E-state index in [9.17, 15) is 0 Å². The van der Waals surface area contributed by atoms with E-state index in [0.29, 0.717) is 12.0 Å². The zero-order valence-corrected chi connectivity index (χ0v) is 4.55. The van der Waals surface area contributed by atoms with Crippen LogP contribution in [-0.2, 0) is 4.74 Å².